The Hall–Kier alpha value is -2.96. The lowest BCUT2D eigenvalue weighted by Crippen LogP contribution is -2.19. The van der Waals surface area contributed by atoms with Crippen molar-refractivity contribution >= 4 is 28.6 Å². The summed E-state index contributed by atoms with van der Waals surface area (Å²) in [5.74, 6) is 0.550. The second-order valence-electron chi connectivity index (χ2n) is 5.93. The lowest BCUT2D eigenvalue weighted by atomic mass is 10.2. The predicted octanol–water partition coefficient (Wildman–Crippen LogP) is 2.59. The molecule has 1 aromatic carbocycles. The number of para-hydroxylation sites is 1. The van der Waals surface area contributed by atoms with Gasteiger partial charge in [-0.25, -0.2) is 15.0 Å². The Morgan fingerprint density at radius 1 is 1.21 bits per heavy atom. The minimum absolute atomic E-state index is 0.124. The molecule has 124 valence electrons. The SMILES string of the molecule is Cc1ccccc1NC(=O)Cn1cnc2c(NC(C)C)ncnc21. The van der Waals surface area contributed by atoms with Gasteiger partial charge in [0, 0.05) is 11.7 Å². The molecule has 3 rings (SSSR count). The number of hydrogen-bond donors (Lipinski definition) is 2. The smallest absolute Gasteiger partial charge is 0.244 e. The van der Waals surface area contributed by atoms with Crippen molar-refractivity contribution in [3.8, 4) is 0 Å². The molecule has 1 amide bonds. The van der Waals surface area contributed by atoms with Crippen LogP contribution in [0.25, 0.3) is 11.2 Å². The number of hydrogen-bond acceptors (Lipinski definition) is 5. The molecule has 3 aromatic rings. The fraction of sp³-hybridized carbons (Fsp3) is 0.294. The highest BCUT2D eigenvalue weighted by atomic mass is 16.1. The van der Waals surface area contributed by atoms with Crippen molar-refractivity contribution in [2.24, 2.45) is 0 Å². The number of amides is 1. The number of aryl methyl sites for hydroxylation is 1. The molecule has 0 saturated carbocycles. The van der Waals surface area contributed by atoms with E-state index < -0.39 is 0 Å². The average molecular weight is 324 g/mol. The molecule has 0 atom stereocenters. The third-order valence-electron chi connectivity index (χ3n) is 3.56. The van der Waals surface area contributed by atoms with Crippen molar-refractivity contribution in [3.63, 3.8) is 0 Å². The van der Waals surface area contributed by atoms with Crippen LogP contribution >= 0.6 is 0 Å². The van der Waals surface area contributed by atoms with Crippen molar-refractivity contribution in [1.29, 1.82) is 0 Å². The van der Waals surface area contributed by atoms with E-state index in [4.69, 9.17) is 0 Å². The fourth-order valence-electron chi connectivity index (χ4n) is 2.43. The molecule has 0 aliphatic heterocycles. The van der Waals surface area contributed by atoms with Gasteiger partial charge >= 0.3 is 0 Å². The average Bonchev–Trinajstić information content (AvgIpc) is 2.93. The summed E-state index contributed by atoms with van der Waals surface area (Å²) < 4.78 is 1.72. The van der Waals surface area contributed by atoms with Crippen molar-refractivity contribution in [2.45, 2.75) is 33.4 Å². The van der Waals surface area contributed by atoms with Crippen LogP contribution in [-0.4, -0.2) is 31.5 Å². The first-order valence-electron chi connectivity index (χ1n) is 7.82. The highest BCUT2D eigenvalue weighted by Gasteiger charge is 2.13. The number of benzene rings is 1. The van der Waals surface area contributed by atoms with Crippen molar-refractivity contribution in [3.05, 3.63) is 42.5 Å². The summed E-state index contributed by atoms with van der Waals surface area (Å²) in [5.41, 5.74) is 3.12. The van der Waals surface area contributed by atoms with Crippen LogP contribution in [0.3, 0.4) is 0 Å². The molecular weight excluding hydrogens is 304 g/mol. The van der Waals surface area contributed by atoms with E-state index in [0.29, 0.717) is 17.0 Å². The zero-order valence-electron chi connectivity index (χ0n) is 13.9. The number of rotatable bonds is 5. The first-order valence-corrected chi connectivity index (χ1v) is 7.82. The van der Waals surface area contributed by atoms with E-state index in [1.807, 2.05) is 45.0 Å². The van der Waals surface area contributed by atoms with Gasteiger partial charge in [0.25, 0.3) is 0 Å². The summed E-state index contributed by atoms with van der Waals surface area (Å²) >= 11 is 0. The van der Waals surface area contributed by atoms with E-state index in [1.165, 1.54) is 6.33 Å². The second-order valence-corrected chi connectivity index (χ2v) is 5.93. The van der Waals surface area contributed by atoms with Gasteiger partial charge in [-0.2, -0.15) is 0 Å². The van der Waals surface area contributed by atoms with Crippen LogP contribution in [0.15, 0.2) is 36.9 Å². The lowest BCUT2D eigenvalue weighted by molar-refractivity contribution is -0.116. The van der Waals surface area contributed by atoms with Crippen molar-refractivity contribution in [1.82, 2.24) is 19.5 Å². The molecule has 0 bridgehead atoms. The van der Waals surface area contributed by atoms with Crippen molar-refractivity contribution in [2.75, 3.05) is 10.6 Å². The van der Waals surface area contributed by atoms with E-state index >= 15 is 0 Å². The number of aromatic nitrogens is 4. The van der Waals surface area contributed by atoms with Crippen LogP contribution in [-0.2, 0) is 11.3 Å². The molecule has 0 radical (unpaired) electrons. The van der Waals surface area contributed by atoms with Gasteiger partial charge in [0.1, 0.15) is 18.4 Å². The summed E-state index contributed by atoms with van der Waals surface area (Å²) in [6, 6.07) is 7.91. The molecule has 7 nitrogen and oxygen atoms in total. The summed E-state index contributed by atoms with van der Waals surface area (Å²) in [4.78, 5) is 25.1. The minimum Gasteiger partial charge on any atom is -0.366 e. The van der Waals surface area contributed by atoms with Crippen molar-refractivity contribution < 1.29 is 4.79 Å². The number of carbonyl (C=O) groups excluding carboxylic acids is 1. The van der Waals surface area contributed by atoms with E-state index in [0.717, 1.165) is 11.3 Å². The number of nitrogens with one attached hydrogen (secondary N) is 2. The largest absolute Gasteiger partial charge is 0.366 e. The molecule has 2 N–H and O–H groups in total. The van der Waals surface area contributed by atoms with Crippen LogP contribution in [0.4, 0.5) is 11.5 Å². The molecular formula is C17H20N6O. The Kier molecular flexibility index (Phi) is 4.41. The summed E-state index contributed by atoms with van der Waals surface area (Å²) in [5, 5.41) is 6.15. The zero-order valence-corrected chi connectivity index (χ0v) is 13.9. The standard InChI is InChI=1S/C17H20N6O/c1-11(2)21-16-15-17(19-9-18-16)23(10-20-15)8-14(24)22-13-7-5-4-6-12(13)3/h4-7,9-11H,8H2,1-3H3,(H,22,24)(H,18,19,21). The molecule has 0 fully saturated rings. The van der Waals surface area contributed by atoms with E-state index in [-0.39, 0.29) is 18.5 Å². The van der Waals surface area contributed by atoms with Crippen LogP contribution in [0.2, 0.25) is 0 Å². The highest BCUT2D eigenvalue weighted by molar-refractivity contribution is 5.92. The summed E-state index contributed by atoms with van der Waals surface area (Å²) in [7, 11) is 0. The van der Waals surface area contributed by atoms with Gasteiger partial charge in [0.05, 0.1) is 6.33 Å². The summed E-state index contributed by atoms with van der Waals surface area (Å²) in [6.07, 6.45) is 3.09. The third kappa shape index (κ3) is 3.34. The molecule has 0 spiro atoms. The maximum atomic E-state index is 12.3. The monoisotopic (exact) mass is 324 g/mol. The van der Waals surface area contributed by atoms with Gasteiger partial charge in [-0.3, -0.25) is 4.79 Å². The molecule has 24 heavy (non-hydrogen) atoms. The normalized spacial score (nSPS) is 11.0. The molecule has 0 aliphatic carbocycles. The number of imidazole rings is 1. The predicted molar refractivity (Wildman–Crippen MR) is 93.9 cm³/mol. The van der Waals surface area contributed by atoms with Crippen LogP contribution in [0.5, 0.6) is 0 Å². The van der Waals surface area contributed by atoms with Crippen LogP contribution < -0.4 is 10.6 Å². The second kappa shape index (κ2) is 6.66. The quantitative estimate of drug-likeness (QED) is 0.753. The van der Waals surface area contributed by atoms with Gasteiger partial charge in [-0.05, 0) is 32.4 Å². The minimum atomic E-state index is -0.124. The third-order valence-corrected chi connectivity index (χ3v) is 3.56. The Bertz CT molecular complexity index is 870. The van der Waals surface area contributed by atoms with E-state index in [9.17, 15) is 4.79 Å². The molecule has 7 heteroatoms. The summed E-state index contributed by atoms with van der Waals surface area (Å²) in [6.45, 7) is 6.16. The Morgan fingerprint density at radius 2 is 2.00 bits per heavy atom. The highest BCUT2D eigenvalue weighted by Crippen LogP contribution is 2.18. The molecule has 2 heterocycles. The first kappa shape index (κ1) is 15.9. The van der Waals surface area contributed by atoms with E-state index in [2.05, 4.69) is 25.6 Å². The molecule has 2 aromatic heterocycles. The first-order chi connectivity index (χ1) is 11.5. The Balaban J connectivity index is 1.80. The number of carbonyl (C=O) groups is 1. The molecule has 0 aliphatic rings. The van der Waals surface area contributed by atoms with Crippen LogP contribution in [0, 0.1) is 6.92 Å². The molecule has 0 saturated heterocycles. The number of anilines is 2. The maximum absolute atomic E-state index is 12.3. The topological polar surface area (TPSA) is 84.7 Å². The van der Waals surface area contributed by atoms with Gasteiger partial charge in [0.15, 0.2) is 11.5 Å². The van der Waals surface area contributed by atoms with Gasteiger partial charge < -0.3 is 15.2 Å². The zero-order chi connectivity index (χ0) is 17.1. The molecule has 0 unspecified atom stereocenters. The van der Waals surface area contributed by atoms with Gasteiger partial charge in [0.2, 0.25) is 5.91 Å². The number of nitrogens with zero attached hydrogens (tertiary/aromatic N) is 4. The lowest BCUT2D eigenvalue weighted by Gasteiger charge is -2.10. The van der Waals surface area contributed by atoms with E-state index in [1.54, 1.807) is 10.9 Å². The number of fused-ring (bicyclic) bond motifs is 1. The van der Waals surface area contributed by atoms with Crippen LogP contribution in [0.1, 0.15) is 19.4 Å². The van der Waals surface area contributed by atoms with Gasteiger partial charge in [-0.1, -0.05) is 18.2 Å². The fourth-order valence-corrected chi connectivity index (χ4v) is 2.43. The van der Waals surface area contributed by atoms with Gasteiger partial charge in [-0.15, -0.1) is 0 Å². The Labute approximate surface area is 140 Å². The maximum Gasteiger partial charge on any atom is 0.244 e. The Morgan fingerprint density at radius 3 is 2.75 bits per heavy atom.